The molecule has 0 radical (unpaired) electrons. The van der Waals surface area contributed by atoms with Gasteiger partial charge in [0.1, 0.15) is 5.82 Å². The van der Waals surface area contributed by atoms with Crippen LogP contribution in [0.1, 0.15) is 19.2 Å². The van der Waals surface area contributed by atoms with Crippen molar-refractivity contribution in [1.29, 1.82) is 0 Å². The van der Waals surface area contributed by atoms with Gasteiger partial charge in [-0.15, -0.1) is 0 Å². The van der Waals surface area contributed by atoms with Gasteiger partial charge in [0.2, 0.25) is 11.9 Å². The van der Waals surface area contributed by atoms with Crippen molar-refractivity contribution in [1.82, 2.24) is 19.9 Å². The number of hydrogen-bond acceptors (Lipinski definition) is 7. The van der Waals surface area contributed by atoms with Crippen molar-refractivity contribution in [2.45, 2.75) is 25.9 Å². The maximum absolute atomic E-state index is 5.69. The van der Waals surface area contributed by atoms with Crippen molar-refractivity contribution >= 4 is 11.9 Å². The van der Waals surface area contributed by atoms with Crippen LogP contribution in [-0.2, 0) is 6.54 Å². The topological polar surface area (TPSA) is 120 Å². The molecule has 2 heterocycles. The second-order valence-corrected chi connectivity index (χ2v) is 4.58. The summed E-state index contributed by atoms with van der Waals surface area (Å²) in [6.07, 6.45) is 1.12. The number of nitrogens with two attached hydrogens (primary N) is 3. The average Bonchev–Trinajstić information content (AvgIpc) is 2.58. The van der Waals surface area contributed by atoms with Gasteiger partial charge in [-0.3, -0.25) is 4.90 Å². The Morgan fingerprint density at radius 3 is 2.41 bits per heavy atom. The van der Waals surface area contributed by atoms with Crippen LogP contribution >= 0.6 is 0 Å². The zero-order valence-electron chi connectivity index (χ0n) is 10.0. The lowest BCUT2D eigenvalue weighted by atomic mass is 10.1. The molecular weight excluding hydrogens is 218 g/mol. The van der Waals surface area contributed by atoms with E-state index in [1.807, 2.05) is 0 Å². The molecule has 1 fully saturated rings. The van der Waals surface area contributed by atoms with Crippen molar-refractivity contribution < 1.29 is 0 Å². The zero-order valence-corrected chi connectivity index (χ0v) is 10.0. The molecule has 0 saturated carbocycles. The van der Waals surface area contributed by atoms with Gasteiger partial charge in [-0.2, -0.15) is 15.0 Å². The van der Waals surface area contributed by atoms with Crippen LogP contribution in [-0.4, -0.2) is 39.0 Å². The summed E-state index contributed by atoms with van der Waals surface area (Å²) in [6, 6.07) is 0.489. The minimum absolute atomic E-state index is 0.176. The van der Waals surface area contributed by atoms with Gasteiger partial charge in [0.25, 0.3) is 0 Å². The molecule has 2 atom stereocenters. The van der Waals surface area contributed by atoms with E-state index in [-0.39, 0.29) is 11.9 Å². The van der Waals surface area contributed by atoms with E-state index >= 15 is 0 Å². The predicted molar refractivity (Wildman–Crippen MR) is 65.7 cm³/mol. The number of anilines is 2. The Kier molecular flexibility index (Phi) is 3.39. The number of nitrogens with zero attached hydrogens (tertiary/aromatic N) is 4. The fraction of sp³-hybridized carbons (Fsp3) is 0.700. The van der Waals surface area contributed by atoms with Crippen LogP contribution < -0.4 is 17.2 Å². The van der Waals surface area contributed by atoms with E-state index in [2.05, 4.69) is 26.8 Å². The first-order valence-corrected chi connectivity index (χ1v) is 5.78. The summed E-state index contributed by atoms with van der Waals surface area (Å²) in [4.78, 5) is 14.2. The number of aromatic nitrogens is 3. The van der Waals surface area contributed by atoms with Crippen molar-refractivity contribution in [3.8, 4) is 0 Å². The first kappa shape index (κ1) is 12.0. The Balaban J connectivity index is 2.05. The highest BCUT2D eigenvalue weighted by molar-refractivity contribution is 5.25. The number of hydrogen-bond donors (Lipinski definition) is 3. The first-order chi connectivity index (χ1) is 8.08. The summed E-state index contributed by atoms with van der Waals surface area (Å²) < 4.78 is 0. The molecule has 6 N–H and O–H groups in total. The molecule has 0 bridgehead atoms. The van der Waals surface area contributed by atoms with Crippen LogP contribution in [0, 0.1) is 5.92 Å². The molecule has 1 aromatic heterocycles. The lowest BCUT2D eigenvalue weighted by molar-refractivity contribution is 0.249. The monoisotopic (exact) mass is 237 g/mol. The highest BCUT2D eigenvalue weighted by Crippen LogP contribution is 2.23. The van der Waals surface area contributed by atoms with E-state index in [0.717, 1.165) is 19.5 Å². The quantitative estimate of drug-likeness (QED) is 0.629. The number of likely N-dealkylation sites (tertiary alicyclic amines) is 1. The Hall–Kier alpha value is -1.47. The first-order valence-electron chi connectivity index (χ1n) is 5.78. The molecule has 1 aliphatic heterocycles. The predicted octanol–water partition coefficient (Wildman–Crippen LogP) is -0.795. The molecule has 1 aromatic rings. The van der Waals surface area contributed by atoms with E-state index < -0.39 is 0 Å². The van der Waals surface area contributed by atoms with Gasteiger partial charge >= 0.3 is 0 Å². The van der Waals surface area contributed by atoms with E-state index in [1.54, 1.807) is 0 Å². The largest absolute Gasteiger partial charge is 0.368 e. The van der Waals surface area contributed by atoms with Gasteiger partial charge < -0.3 is 17.2 Å². The number of nitrogen functional groups attached to an aromatic ring is 2. The normalized spacial score (nSPS) is 25.3. The maximum atomic E-state index is 5.69. The summed E-state index contributed by atoms with van der Waals surface area (Å²) in [6.45, 7) is 4.53. The summed E-state index contributed by atoms with van der Waals surface area (Å²) in [5, 5.41) is 0. The molecule has 0 spiro atoms. The van der Waals surface area contributed by atoms with Gasteiger partial charge in [0, 0.05) is 12.6 Å². The molecule has 94 valence electrons. The van der Waals surface area contributed by atoms with E-state index in [4.69, 9.17) is 17.2 Å². The van der Waals surface area contributed by atoms with Crippen LogP contribution in [0.5, 0.6) is 0 Å². The molecule has 0 aliphatic carbocycles. The van der Waals surface area contributed by atoms with Gasteiger partial charge in [-0.25, -0.2) is 0 Å². The third-order valence-electron chi connectivity index (χ3n) is 3.18. The summed E-state index contributed by atoms with van der Waals surface area (Å²) in [7, 11) is 0. The van der Waals surface area contributed by atoms with Gasteiger partial charge in [0.15, 0.2) is 0 Å². The highest BCUT2D eigenvalue weighted by atomic mass is 15.2. The van der Waals surface area contributed by atoms with E-state index in [9.17, 15) is 0 Å². The van der Waals surface area contributed by atoms with Crippen LogP contribution in [0.4, 0.5) is 11.9 Å². The molecule has 7 nitrogen and oxygen atoms in total. The Morgan fingerprint density at radius 2 is 1.88 bits per heavy atom. The molecule has 7 heteroatoms. The minimum atomic E-state index is 0.176. The lowest BCUT2D eigenvalue weighted by Gasteiger charge is -2.19. The van der Waals surface area contributed by atoms with Crippen molar-refractivity contribution in [3.63, 3.8) is 0 Å². The van der Waals surface area contributed by atoms with Crippen molar-refractivity contribution in [2.24, 2.45) is 11.7 Å². The van der Waals surface area contributed by atoms with Gasteiger partial charge in [0.05, 0.1) is 6.54 Å². The Morgan fingerprint density at radius 1 is 1.24 bits per heavy atom. The molecule has 2 unspecified atom stereocenters. The fourth-order valence-corrected chi connectivity index (χ4v) is 2.32. The smallest absolute Gasteiger partial charge is 0.225 e. The standard InChI is InChI=1S/C10H19N7/c1-6-2-7(3-11)4-17(6)5-8-14-9(12)16-10(13)15-8/h6-7H,2-5,11H2,1H3,(H4,12,13,14,15,16). The summed E-state index contributed by atoms with van der Waals surface area (Å²) in [5.74, 6) is 1.53. The molecule has 2 rings (SSSR count). The molecule has 17 heavy (non-hydrogen) atoms. The van der Waals surface area contributed by atoms with Crippen LogP contribution in [0.3, 0.4) is 0 Å². The lowest BCUT2D eigenvalue weighted by Crippen LogP contribution is -2.28. The molecule has 0 amide bonds. The average molecular weight is 237 g/mol. The SMILES string of the molecule is CC1CC(CN)CN1Cc1nc(N)nc(N)n1. The Bertz CT molecular complexity index is 374. The van der Waals surface area contributed by atoms with Crippen LogP contribution in [0.2, 0.25) is 0 Å². The molecule has 1 aliphatic rings. The summed E-state index contributed by atoms with van der Waals surface area (Å²) >= 11 is 0. The third kappa shape index (κ3) is 2.80. The van der Waals surface area contributed by atoms with Crippen LogP contribution in [0.25, 0.3) is 0 Å². The second kappa shape index (κ2) is 4.80. The maximum Gasteiger partial charge on any atom is 0.225 e. The third-order valence-corrected chi connectivity index (χ3v) is 3.18. The van der Waals surface area contributed by atoms with Crippen LogP contribution in [0.15, 0.2) is 0 Å². The van der Waals surface area contributed by atoms with Gasteiger partial charge in [-0.05, 0) is 25.8 Å². The van der Waals surface area contributed by atoms with Crippen molar-refractivity contribution in [3.05, 3.63) is 5.82 Å². The summed E-state index contributed by atoms with van der Waals surface area (Å²) in [5.41, 5.74) is 16.8. The molecule has 0 aromatic carbocycles. The van der Waals surface area contributed by atoms with E-state index in [1.165, 1.54) is 0 Å². The minimum Gasteiger partial charge on any atom is -0.368 e. The van der Waals surface area contributed by atoms with Crippen molar-refractivity contribution in [2.75, 3.05) is 24.6 Å². The molecule has 1 saturated heterocycles. The van der Waals surface area contributed by atoms with E-state index in [0.29, 0.717) is 24.3 Å². The fourth-order valence-electron chi connectivity index (χ4n) is 2.32. The zero-order chi connectivity index (χ0) is 12.4. The second-order valence-electron chi connectivity index (χ2n) is 4.58. The highest BCUT2D eigenvalue weighted by Gasteiger charge is 2.28. The van der Waals surface area contributed by atoms with Gasteiger partial charge in [-0.1, -0.05) is 0 Å². The Labute approximate surface area is 100 Å². The number of rotatable bonds is 3. The molecular formula is C10H19N7.